The molecule has 0 aromatic heterocycles. The van der Waals surface area contributed by atoms with Gasteiger partial charge in [0.1, 0.15) is 0 Å². The number of amides is 1. The van der Waals surface area contributed by atoms with Gasteiger partial charge in [-0.2, -0.15) is 0 Å². The highest BCUT2D eigenvalue weighted by Crippen LogP contribution is 2.15. The predicted molar refractivity (Wildman–Crippen MR) is 47.0 cm³/mol. The third-order valence-corrected chi connectivity index (χ3v) is 3.80. The fourth-order valence-electron chi connectivity index (χ4n) is 1.26. The van der Waals surface area contributed by atoms with Crippen molar-refractivity contribution in [3.8, 4) is 0 Å². The lowest BCUT2D eigenvalue weighted by Crippen LogP contribution is -2.43. The van der Waals surface area contributed by atoms with Crippen LogP contribution in [-0.2, 0) is 19.6 Å². The van der Waals surface area contributed by atoms with E-state index in [1.807, 2.05) is 0 Å². The molecule has 0 radical (unpaired) electrons. The Hall–Kier alpha value is -1.11. The molecule has 0 atom stereocenters. The maximum Gasteiger partial charge on any atom is 0.305 e. The molecule has 1 aliphatic rings. The Morgan fingerprint density at radius 1 is 1.50 bits per heavy atom. The molecule has 1 rings (SSSR count). The van der Waals surface area contributed by atoms with Crippen LogP contribution in [0.4, 0.5) is 0 Å². The lowest BCUT2D eigenvalue weighted by molar-refractivity contribution is -0.137. The van der Waals surface area contributed by atoms with E-state index < -0.39 is 21.9 Å². The summed E-state index contributed by atoms with van der Waals surface area (Å²) >= 11 is 0. The Bertz CT molecular complexity index is 347. The summed E-state index contributed by atoms with van der Waals surface area (Å²) in [4.78, 5) is 21.4. The highest BCUT2D eigenvalue weighted by atomic mass is 32.2. The van der Waals surface area contributed by atoms with Crippen LogP contribution in [0.3, 0.4) is 0 Å². The average molecular weight is 221 g/mol. The van der Waals surface area contributed by atoms with Gasteiger partial charge >= 0.3 is 5.97 Å². The van der Waals surface area contributed by atoms with Gasteiger partial charge in [0.2, 0.25) is 15.9 Å². The van der Waals surface area contributed by atoms with Crippen LogP contribution in [0.25, 0.3) is 0 Å². The zero-order valence-electron chi connectivity index (χ0n) is 7.47. The second kappa shape index (κ2) is 3.95. The largest absolute Gasteiger partial charge is 0.481 e. The minimum Gasteiger partial charge on any atom is -0.481 e. The monoisotopic (exact) mass is 221 g/mol. The van der Waals surface area contributed by atoms with Crippen molar-refractivity contribution < 1.29 is 23.1 Å². The molecule has 14 heavy (non-hydrogen) atoms. The van der Waals surface area contributed by atoms with E-state index in [1.165, 1.54) is 0 Å². The van der Waals surface area contributed by atoms with Crippen molar-refractivity contribution in [2.24, 2.45) is 0 Å². The highest BCUT2D eigenvalue weighted by molar-refractivity contribution is 7.89. The van der Waals surface area contributed by atoms with Gasteiger partial charge in [-0.15, -0.1) is 0 Å². The predicted octanol–water partition coefficient (Wildman–Crippen LogP) is -0.587. The van der Waals surface area contributed by atoms with Crippen molar-refractivity contribution in [2.45, 2.75) is 19.3 Å². The Kier molecular flexibility index (Phi) is 3.10. The first kappa shape index (κ1) is 11.0. The van der Waals surface area contributed by atoms with Gasteiger partial charge in [-0.3, -0.25) is 9.59 Å². The molecule has 0 spiro atoms. The quantitative estimate of drug-likeness (QED) is 0.688. The van der Waals surface area contributed by atoms with Gasteiger partial charge in [-0.25, -0.2) is 12.7 Å². The summed E-state index contributed by atoms with van der Waals surface area (Å²) in [5, 5.41) is 8.37. The van der Waals surface area contributed by atoms with Crippen molar-refractivity contribution >= 4 is 21.9 Å². The zero-order chi connectivity index (χ0) is 10.8. The molecule has 1 saturated heterocycles. The van der Waals surface area contributed by atoms with Gasteiger partial charge in [0, 0.05) is 13.0 Å². The molecule has 1 amide bonds. The SMILES string of the molecule is O=C(O)CCN1C(=O)CCCS1(=O)=O. The maximum atomic E-state index is 11.3. The third-order valence-electron chi connectivity index (χ3n) is 1.94. The van der Waals surface area contributed by atoms with Crippen LogP contribution in [0.1, 0.15) is 19.3 Å². The van der Waals surface area contributed by atoms with Crippen molar-refractivity contribution in [1.29, 1.82) is 0 Å². The molecule has 0 aliphatic carbocycles. The van der Waals surface area contributed by atoms with Crippen LogP contribution < -0.4 is 0 Å². The van der Waals surface area contributed by atoms with Crippen LogP contribution in [0, 0.1) is 0 Å². The number of nitrogens with zero attached hydrogens (tertiary/aromatic N) is 1. The number of rotatable bonds is 3. The number of sulfonamides is 1. The summed E-state index contributed by atoms with van der Waals surface area (Å²) in [6.07, 6.45) is 0.161. The molecular formula is C7H11NO5S. The maximum absolute atomic E-state index is 11.3. The molecule has 1 N–H and O–H groups in total. The van der Waals surface area contributed by atoms with Gasteiger partial charge in [0.05, 0.1) is 12.2 Å². The topological polar surface area (TPSA) is 91.8 Å². The minimum atomic E-state index is -3.55. The first-order valence-electron chi connectivity index (χ1n) is 4.18. The molecule has 6 nitrogen and oxygen atoms in total. The third kappa shape index (κ3) is 2.44. The van der Waals surface area contributed by atoms with Gasteiger partial charge < -0.3 is 5.11 Å². The molecular weight excluding hydrogens is 210 g/mol. The van der Waals surface area contributed by atoms with Crippen LogP contribution in [0.15, 0.2) is 0 Å². The molecule has 1 heterocycles. The molecule has 80 valence electrons. The number of carboxylic acid groups (broad SMARTS) is 1. The number of carbonyl (C=O) groups is 2. The summed E-state index contributed by atoms with van der Waals surface area (Å²) < 4.78 is 23.3. The van der Waals surface area contributed by atoms with Crippen molar-refractivity contribution in [1.82, 2.24) is 4.31 Å². The summed E-state index contributed by atoms with van der Waals surface area (Å²) in [5.41, 5.74) is 0. The summed E-state index contributed by atoms with van der Waals surface area (Å²) in [5.74, 6) is -1.69. The summed E-state index contributed by atoms with van der Waals surface area (Å²) in [6.45, 7) is -0.253. The van der Waals surface area contributed by atoms with Crippen LogP contribution in [0.2, 0.25) is 0 Å². The molecule has 0 bridgehead atoms. The van der Waals surface area contributed by atoms with E-state index >= 15 is 0 Å². The van der Waals surface area contributed by atoms with E-state index in [2.05, 4.69) is 0 Å². The smallest absolute Gasteiger partial charge is 0.305 e. The highest BCUT2D eigenvalue weighted by Gasteiger charge is 2.31. The summed E-state index contributed by atoms with van der Waals surface area (Å²) in [7, 11) is -3.55. The standard InChI is InChI=1S/C7H11NO5S/c9-6-2-1-5-14(12,13)8(6)4-3-7(10)11/h1-5H2,(H,10,11). The average Bonchev–Trinajstić information content (AvgIpc) is 2.01. The number of hydrogen-bond donors (Lipinski definition) is 1. The van der Waals surface area contributed by atoms with Gasteiger partial charge in [-0.05, 0) is 6.42 Å². The fraction of sp³-hybridized carbons (Fsp3) is 0.714. The molecule has 1 fully saturated rings. The Morgan fingerprint density at radius 2 is 2.14 bits per heavy atom. The number of carboxylic acids is 1. The molecule has 0 aromatic rings. The second-order valence-corrected chi connectivity index (χ2v) is 5.04. The fourth-order valence-corrected chi connectivity index (χ4v) is 2.76. The molecule has 1 aliphatic heterocycles. The van der Waals surface area contributed by atoms with Gasteiger partial charge in [0.15, 0.2) is 0 Å². The first-order valence-corrected chi connectivity index (χ1v) is 5.79. The molecule has 0 saturated carbocycles. The van der Waals surface area contributed by atoms with E-state index in [1.54, 1.807) is 0 Å². The summed E-state index contributed by atoms with van der Waals surface area (Å²) in [6, 6.07) is 0. The number of carbonyl (C=O) groups excluding carboxylic acids is 1. The first-order chi connectivity index (χ1) is 6.43. The Labute approximate surface area is 81.6 Å². The van der Waals surface area contributed by atoms with E-state index in [0.717, 1.165) is 0 Å². The minimum absolute atomic E-state index is 0.0711. The lowest BCUT2D eigenvalue weighted by atomic mass is 10.3. The molecule has 0 unspecified atom stereocenters. The van der Waals surface area contributed by atoms with E-state index in [-0.39, 0.29) is 25.1 Å². The van der Waals surface area contributed by atoms with Crippen LogP contribution >= 0.6 is 0 Å². The normalized spacial score (nSPS) is 20.9. The van der Waals surface area contributed by atoms with E-state index in [4.69, 9.17) is 5.11 Å². The number of hydrogen-bond acceptors (Lipinski definition) is 4. The second-order valence-electron chi connectivity index (χ2n) is 3.03. The van der Waals surface area contributed by atoms with E-state index in [9.17, 15) is 18.0 Å². The number of aliphatic carboxylic acids is 1. The lowest BCUT2D eigenvalue weighted by Gasteiger charge is -2.25. The van der Waals surface area contributed by atoms with Gasteiger partial charge in [0.25, 0.3) is 0 Å². The van der Waals surface area contributed by atoms with Crippen molar-refractivity contribution in [2.75, 3.05) is 12.3 Å². The van der Waals surface area contributed by atoms with Crippen molar-refractivity contribution in [3.05, 3.63) is 0 Å². The zero-order valence-corrected chi connectivity index (χ0v) is 8.29. The van der Waals surface area contributed by atoms with Crippen molar-refractivity contribution in [3.63, 3.8) is 0 Å². The Balaban J connectivity index is 2.71. The van der Waals surface area contributed by atoms with Crippen LogP contribution in [0.5, 0.6) is 0 Å². The van der Waals surface area contributed by atoms with Gasteiger partial charge in [-0.1, -0.05) is 0 Å². The van der Waals surface area contributed by atoms with E-state index in [0.29, 0.717) is 10.7 Å². The van der Waals surface area contributed by atoms with Crippen LogP contribution in [-0.4, -0.2) is 42.0 Å². The Morgan fingerprint density at radius 3 is 2.64 bits per heavy atom. The molecule has 0 aromatic carbocycles. The molecule has 7 heteroatoms.